The summed E-state index contributed by atoms with van der Waals surface area (Å²) in [5.41, 5.74) is 0.200. The Labute approximate surface area is 83.3 Å². The molecule has 1 aliphatic rings. The average molecular weight is 200 g/mol. The summed E-state index contributed by atoms with van der Waals surface area (Å²) in [5.74, 6) is 0. The predicted octanol–water partition coefficient (Wildman–Crippen LogP) is 3.79. The van der Waals surface area contributed by atoms with E-state index >= 15 is 0 Å². The van der Waals surface area contributed by atoms with E-state index in [-0.39, 0.29) is 18.7 Å². The summed E-state index contributed by atoms with van der Waals surface area (Å²) in [7, 11) is -0.0487. The largest absolute Gasteiger partial charge is 0.490 e. The van der Waals surface area contributed by atoms with Crippen molar-refractivity contribution in [3.63, 3.8) is 0 Å². The van der Waals surface area contributed by atoms with Crippen LogP contribution in [0.1, 0.15) is 34.6 Å². The van der Waals surface area contributed by atoms with Gasteiger partial charge in [-0.1, -0.05) is 49.1 Å². The lowest BCUT2D eigenvalue weighted by atomic mass is 9.82. The van der Waals surface area contributed by atoms with E-state index in [9.17, 15) is 0 Å². The molecule has 0 aromatic carbocycles. The molecule has 13 heavy (non-hydrogen) atoms. The van der Waals surface area contributed by atoms with Crippen molar-refractivity contribution in [1.29, 1.82) is 0 Å². The van der Waals surface area contributed by atoms with Gasteiger partial charge in [0, 0.05) is 10.6 Å². The van der Waals surface area contributed by atoms with Crippen LogP contribution in [0.15, 0.2) is 12.8 Å². The van der Waals surface area contributed by atoms with Gasteiger partial charge in [0.2, 0.25) is 0 Å². The molecule has 0 aromatic heterocycles. The van der Waals surface area contributed by atoms with Crippen LogP contribution in [-0.4, -0.2) is 17.2 Å². The van der Waals surface area contributed by atoms with Crippen LogP contribution in [0, 0.1) is 5.41 Å². The van der Waals surface area contributed by atoms with Gasteiger partial charge in [-0.2, -0.15) is 0 Å². The van der Waals surface area contributed by atoms with Gasteiger partial charge in [-0.25, -0.2) is 0 Å². The van der Waals surface area contributed by atoms with Gasteiger partial charge in [0.1, 0.15) is 5.34 Å². The molecule has 2 atom stereocenters. The Kier molecular flexibility index (Phi) is 2.32. The van der Waals surface area contributed by atoms with Crippen molar-refractivity contribution in [2.24, 2.45) is 5.41 Å². The highest BCUT2D eigenvalue weighted by Crippen LogP contribution is 2.86. The summed E-state index contributed by atoms with van der Waals surface area (Å²) in [6.07, 6.45) is 1.61. The van der Waals surface area contributed by atoms with Crippen LogP contribution in [0.5, 0.6) is 0 Å². The summed E-state index contributed by atoms with van der Waals surface area (Å²) in [6, 6.07) is 0. The van der Waals surface area contributed by atoms with Crippen molar-refractivity contribution >= 4 is 7.92 Å². The second-order valence-corrected chi connectivity index (χ2v) is 8.16. The van der Waals surface area contributed by atoms with E-state index in [1.54, 1.807) is 6.26 Å². The fourth-order valence-corrected chi connectivity index (χ4v) is 6.09. The summed E-state index contributed by atoms with van der Waals surface area (Å²) in [6.45, 7) is 17.4. The van der Waals surface area contributed by atoms with Gasteiger partial charge in [0.25, 0.3) is 0 Å². The van der Waals surface area contributed by atoms with E-state index in [1.807, 2.05) is 0 Å². The number of hydrogen-bond acceptors (Lipinski definition) is 1. The molecule has 1 heterocycles. The molecule has 2 unspecified atom stereocenters. The van der Waals surface area contributed by atoms with Gasteiger partial charge in [-0.3, -0.25) is 0 Å². The van der Waals surface area contributed by atoms with Crippen LogP contribution in [0.2, 0.25) is 0 Å². The maximum Gasteiger partial charge on any atom is 0.140 e. The normalized spacial score (nSPS) is 36.9. The Hall–Kier alpha value is -0.0300. The van der Waals surface area contributed by atoms with Crippen LogP contribution < -0.4 is 0 Å². The van der Waals surface area contributed by atoms with Crippen molar-refractivity contribution in [2.75, 3.05) is 6.66 Å². The molecular weight excluding hydrogens is 179 g/mol. The Balaban J connectivity index is 3.01. The van der Waals surface area contributed by atoms with Crippen molar-refractivity contribution in [2.45, 2.75) is 45.1 Å². The minimum absolute atomic E-state index is 0.0388. The van der Waals surface area contributed by atoms with Gasteiger partial charge >= 0.3 is 0 Å². The molecule has 0 spiro atoms. The van der Waals surface area contributed by atoms with Crippen molar-refractivity contribution < 1.29 is 4.74 Å². The van der Waals surface area contributed by atoms with E-state index in [0.29, 0.717) is 5.16 Å². The van der Waals surface area contributed by atoms with Gasteiger partial charge in [-0.05, 0) is 6.66 Å². The highest BCUT2D eigenvalue weighted by molar-refractivity contribution is 7.68. The summed E-state index contributed by atoms with van der Waals surface area (Å²) < 4.78 is 5.83. The Morgan fingerprint density at radius 1 is 1.31 bits per heavy atom. The first-order chi connectivity index (χ1) is 5.72. The minimum Gasteiger partial charge on any atom is -0.490 e. The van der Waals surface area contributed by atoms with Crippen LogP contribution in [0.4, 0.5) is 0 Å². The third kappa shape index (κ3) is 1.16. The zero-order valence-corrected chi connectivity index (χ0v) is 10.5. The monoisotopic (exact) mass is 200 g/mol. The fourth-order valence-electron chi connectivity index (χ4n) is 2.68. The van der Waals surface area contributed by atoms with E-state index < -0.39 is 0 Å². The third-order valence-electron chi connectivity index (χ3n) is 3.36. The molecule has 2 heteroatoms. The van der Waals surface area contributed by atoms with Gasteiger partial charge in [0.05, 0.1) is 6.26 Å². The maximum absolute atomic E-state index is 5.83. The van der Waals surface area contributed by atoms with Crippen molar-refractivity contribution in [1.82, 2.24) is 0 Å². The Bertz CT molecular complexity index is 215. The van der Waals surface area contributed by atoms with E-state index in [2.05, 4.69) is 47.9 Å². The number of ether oxygens (including phenoxy) is 1. The zero-order valence-electron chi connectivity index (χ0n) is 9.64. The minimum atomic E-state index is -0.0487. The molecule has 0 aliphatic carbocycles. The molecule has 0 N–H and O–H groups in total. The highest BCUT2D eigenvalue weighted by Gasteiger charge is 2.75. The van der Waals surface area contributed by atoms with E-state index in [0.717, 1.165) is 0 Å². The first-order valence-corrected chi connectivity index (χ1v) is 6.53. The molecule has 76 valence electrons. The fraction of sp³-hybridized carbons (Fsp3) is 0.818. The molecule has 0 saturated carbocycles. The Morgan fingerprint density at radius 3 is 1.77 bits per heavy atom. The average Bonchev–Trinajstić information content (AvgIpc) is 2.34. The lowest BCUT2D eigenvalue weighted by Crippen LogP contribution is -2.36. The van der Waals surface area contributed by atoms with E-state index in [1.165, 1.54) is 0 Å². The quantitative estimate of drug-likeness (QED) is 0.486. The first-order valence-electron chi connectivity index (χ1n) is 4.74. The summed E-state index contributed by atoms with van der Waals surface area (Å²) in [5, 5.41) is 0.367. The van der Waals surface area contributed by atoms with Gasteiger partial charge in [0.15, 0.2) is 0 Å². The first kappa shape index (κ1) is 11.0. The summed E-state index contributed by atoms with van der Waals surface area (Å²) in [4.78, 5) is 0. The standard InChI is InChI=1S/C11H21OP/c1-8-12-11(9(2,3)4)10(5,6)13(11)7/h8H,1H2,2-7H3. The van der Waals surface area contributed by atoms with Crippen molar-refractivity contribution in [3.8, 4) is 0 Å². The summed E-state index contributed by atoms with van der Waals surface area (Å²) >= 11 is 0. The molecule has 1 fully saturated rings. The smallest absolute Gasteiger partial charge is 0.140 e. The zero-order chi connectivity index (χ0) is 10.5. The molecule has 0 aromatic rings. The van der Waals surface area contributed by atoms with Crippen LogP contribution in [0.3, 0.4) is 0 Å². The molecule has 0 bridgehead atoms. The topological polar surface area (TPSA) is 9.23 Å². The molecule has 0 radical (unpaired) electrons. The molecule has 1 nitrogen and oxygen atoms in total. The Morgan fingerprint density at radius 2 is 1.69 bits per heavy atom. The number of rotatable bonds is 2. The third-order valence-corrected chi connectivity index (χ3v) is 7.41. The molecule has 1 rings (SSSR count). The SMILES string of the molecule is C=COC1(C(C)(C)C)P(C)C1(C)C. The number of hydrogen-bond donors (Lipinski definition) is 0. The van der Waals surface area contributed by atoms with Crippen molar-refractivity contribution in [3.05, 3.63) is 12.8 Å². The van der Waals surface area contributed by atoms with Crippen LogP contribution >= 0.6 is 7.92 Å². The predicted molar refractivity (Wildman–Crippen MR) is 60.4 cm³/mol. The van der Waals surface area contributed by atoms with E-state index in [4.69, 9.17) is 4.74 Å². The molecular formula is C11H21OP. The van der Waals surface area contributed by atoms with Gasteiger partial charge < -0.3 is 4.74 Å². The molecule has 0 amide bonds. The lowest BCUT2D eigenvalue weighted by Gasteiger charge is -2.33. The highest BCUT2D eigenvalue weighted by atomic mass is 31.1. The molecule has 1 saturated heterocycles. The molecule has 1 aliphatic heterocycles. The maximum atomic E-state index is 5.83. The second-order valence-electron chi connectivity index (χ2n) is 5.30. The van der Waals surface area contributed by atoms with Crippen LogP contribution in [-0.2, 0) is 4.74 Å². The lowest BCUT2D eigenvalue weighted by molar-refractivity contribution is 0.0243. The second kappa shape index (κ2) is 2.73. The van der Waals surface area contributed by atoms with Crippen LogP contribution in [0.25, 0.3) is 0 Å². The van der Waals surface area contributed by atoms with Gasteiger partial charge in [-0.15, -0.1) is 0 Å².